The summed E-state index contributed by atoms with van der Waals surface area (Å²) in [5, 5.41) is 9.29. The van der Waals surface area contributed by atoms with Crippen molar-refractivity contribution in [3.05, 3.63) is 18.5 Å². The van der Waals surface area contributed by atoms with Crippen LogP contribution in [0.25, 0.3) is 0 Å². The van der Waals surface area contributed by atoms with E-state index < -0.39 is 10.0 Å². The van der Waals surface area contributed by atoms with Crippen molar-refractivity contribution in [2.75, 3.05) is 13.2 Å². The summed E-state index contributed by atoms with van der Waals surface area (Å²) >= 11 is 0. The van der Waals surface area contributed by atoms with Gasteiger partial charge in [0.15, 0.2) is 0 Å². The van der Waals surface area contributed by atoms with E-state index in [2.05, 4.69) is 9.71 Å². The Kier molecular flexibility index (Phi) is 4.42. The SMILES string of the molecule is O=S(=O)(NCC1CCCCC1CO)c1cc[nH]c1. The summed E-state index contributed by atoms with van der Waals surface area (Å²) in [5.41, 5.74) is 0. The van der Waals surface area contributed by atoms with Crippen LogP contribution in [-0.4, -0.2) is 31.7 Å². The van der Waals surface area contributed by atoms with Crippen molar-refractivity contribution < 1.29 is 13.5 Å². The first kappa shape index (κ1) is 13.6. The van der Waals surface area contributed by atoms with Crippen LogP contribution in [0.3, 0.4) is 0 Å². The second-order valence-electron chi connectivity index (χ2n) is 4.89. The van der Waals surface area contributed by atoms with Gasteiger partial charge in [-0.05, 0) is 30.7 Å². The third-order valence-corrected chi connectivity index (χ3v) is 5.14. The fourth-order valence-electron chi connectivity index (χ4n) is 2.57. The monoisotopic (exact) mass is 272 g/mol. The number of aromatic nitrogens is 1. The Morgan fingerprint density at radius 1 is 1.33 bits per heavy atom. The standard InChI is InChI=1S/C12H20N2O3S/c15-9-11-4-2-1-3-10(11)7-14-18(16,17)12-5-6-13-8-12/h5-6,8,10-11,13-15H,1-4,7,9H2. The maximum atomic E-state index is 11.9. The van der Waals surface area contributed by atoms with Gasteiger partial charge in [0.2, 0.25) is 10.0 Å². The predicted molar refractivity (Wildman–Crippen MR) is 68.5 cm³/mol. The molecule has 1 fully saturated rings. The van der Waals surface area contributed by atoms with Crippen molar-refractivity contribution in [3.63, 3.8) is 0 Å². The van der Waals surface area contributed by atoms with Crippen molar-refractivity contribution in [1.29, 1.82) is 0 Å². The Morgan fingerprint density at radius 3 is 2.67 bits per heavy atom. The van der Waals surface area contributed by atoms with E-state index in [-0.39, 0.29) is 23.3 Å². The number of sulfonamides is 1. The average Bonchev–Trinajstić information content (AvgIpc) is 2.91. The lowest BCUT2D eigenvalue weighted by Gasteiger charge is -2.30. The van der Waals surface area contributed by atoms with Crippen molar-refractivity contribution in [3.8, 4) is 0 Å². The van der Waals surface area contributed by atoms with Gasteiger partial charge in [0.05, 0.1) is 4.90 Å². The van der Waals surface area contributed by atoms with E-state index in [9.17, 15) is 13.5 Å². The summed E-state index contributed by atoms with van der Waals surface area (Å²) < 4.78 is 26.5. The summed E-state index contributed by atoms with van der Waals surface area (Å²) in [6, 6.07) is 1.53. The lowest BCUT2D eigenvalue weighted by Crippen LogP contribution is -2.35. The van der Waals surface area contributed by atoms with Gasteiger partial charge >= 0.3 is 0 Å². The van der Waals surface area contributed by atoms with Gasteiger partial charge in [0.25, 0.3) is 0 Å². The molecule has 3 N–H and O–H groups in total. The highest BCUT2D eigenvalue weighted by molar-refractivity contribution is 7.89. The zero-order valence-corrected chi connectivity index (χ0v) is 11.1. The smallest absolute Gasteiger partial charge is 0.242 e. The first-order valence-electron chi connectivity index (χ1n) is 6.37. The molecule has 0 radical (unpaired) electrons. The summed E-state index contributed by atoms with van der Waals surface area (Å²) in [6.07, 6.45) is 7.28. The molecule has 1 aromatic heterocycles. The lowest BCUT2D eigenvalue weighted by molar-refractivity contribution is 0.136. The van der Waals surface area contributed by atoms with Crippen LogP contribution in [0.4, 0.5) is 0 Å². The summed E-state index contributed by atoms with van der Waals surface area (Å²) in [7, 11) is -3.41. The van der Waals surface area contributed by atoms with E-state index in [4.69, 9.17) is 0 Å². The Labute approximate surface area is 108 Å². The zero-order chi connectivity index (χ0) is 13.0. The van der Waals surface area contributed by atoms with Gasteiger partial charge in [-0.2, -0.15) is 0 Å². The lowest BCUT2D eigenvalue weighted by atomic mass is 9.80. The van der Waals surface area contributed by atoms with Crippen LogP contribution >= 0.6 is 0 Å². The second kappa shape index (κ2) is 5.86. The molecule has 2 rings (SSSR count). The van der Waals surface area contributed by atoms with Crippen LogP contribution in [0, 0.1) is 11.8 Å². The van der Waals surface area contributed by atoms with Crippen LogP contribution < -0.4 is 4.72 Å². The minimum atomic E-state index is -3.41. The van der Waals surface area contributed by atoms with E-state index in [1.807, 2.05) is 0 Å². The Bertz CT molecular complexity index is 456. The minimum Gasteiger partial charge on any atom is -0.396 e. The largest absolute Gasteiger partial charge is 0.396 e. The van der Waals surface area contributed by atoms with Crippen LogP contribution in [0.5, 0.6) is 0 Å². The van der Waals surface area contributed by atoms with Gasteiger partial charge < -0.3 is 10.1 Å². The van der Waals surface area contributed by atoms with E-state index >= 15 is 0 Å². The van der Waals surface area contributed by atoms with Gasteiger partial charge in [-0.25, -0.2) is 13.1 Å². The molecule has 1 aliphatic rings. The highest BCUT2D eigenvalue weighted by Crippen LogP contribution is 2.29. The van der Waals surface area contributed by atoms with Gasteiger partial charge in [-0.1, -0.05) is 12.8 Å². The number of hydrogen-bond donors (Lipinski definition) is 3. The number of aliphatic hydroxyl groups is 1. The molecule has 5 nitrogen and oxygen atoms in total. The zero-order valence-electron chi connectivity index (χ0n) is 10.3. The highest BCUT2D eigenvalue weighted by Gasteiger charge is 2.26. The Hall–Kier alpha value is -0.850. The molecule has 1 aromatic rings. The van der Waals surface area contributed by atoms with Gasteiger partial charge in [0, 0.05) is 25.5 Å². The summed E-state index contributed by atoms with van der Waals surface area (Å²) in [5.74, 6) is 0.477. The van der Waals surface area contributed by atoms with Crippen molar-refractivity contribution in [2.45, 2.75) is 30.6 Å². The molecule has 0 bridgehead atoms. The number of rotatable bonds is 5. The minimum absolute atomic E-state index is 0.149. The van der Waals surface area contributed by atoms with Crippen LogP contribution in [0.1, 0.15) is 25.7 Å². The fourth-order valence-corrected chi connectivity index (χ4v) is 3.64. The normalized spacial score (nSPS) is 25.2. The molecule has 2 atom stereocenters. The molecule has 1 saturated carbocycles. The molecule has 0 spiro atoms. The third kappa shape index (κ3) is 3.13. The van der Waals surface area contributed by atoms with Crippen LogP contribution in [0.2, 0.25) is 0 Å². The van der Waals surface area contributed by atoms with E-state index in [1.165, 1.54) is 12.3 Å². The van der Waals surface area contributed by atoms with E-state index in [0.717, 1.165) is 25.7 Å². The molecule has 102 valence electrons. The molecule has 0 aliphatic heterocycles. The number of hydrogen-bond acceptors (Lipinski definition) is 3. The Balaban J connectivity index is 1.94. The summed E-state index contributed by atoms with van der Waals surface area (Å²) in [4.78, 5) is 3.00. The molecule has 6 heteroatoms. The van der Waals surface area contributed by atoms with Crippen LogP contribution in [0.15, 0.2) is 23.4 Å². The number of nitrogens with one attached hydrogen (secondary N) is 2. The second-order valence-corrected chi connectivity index (χ2v) is 6.65. The fraction of sp³-hybridized carbons (Fsp3) is 0.667. The van der Waals surface area contributed by atoms with Crippen LogP contribution in [-0.2, 0) is 10.0 Å². The van der Waals surface area contributed by atoms with Gasteiger partial charge in [-0.15, -0.1) is 0 Å². The maximum absolute atomic E-state index is 11.9. The van der Waals surface area contributed by atoms with Crippen molar-refractivity contribution in [2.24, 2.45) is 11.8 Å². The average molecular weight is 272 g/mol. The van der Waals surface area contributed by atoms with Gasteiger partial charge in [0.1, 0.15) is 0 Å². The van der Waals surface area contributed by atoms with E-state index in [1.54, 1.807) is 6.20 Å². The molecule has 18 heavy (non-hydrogen) atoms. The van der Waals surface area contributed by atoms with E-state index in [0.29, 0.717) is 6.54 Å². The highest BCUT2D eigenvalue weighted by atomic mass is 32.2. The predicted octanol–water partition coefficient (Wildman–Crippen LogP) is 1.09. The third-order valence-electron chi connectivity index (χ3n) is 3.72. The number of aromatic amines is 1. The van der Waals surface area contributed by atoms with Crippen molar-refractivity contribution >= 4 is 10.0 Å². The Morgan fingerprint density at radius 2 is 2.06 bits per heavy atom. The molecule has 0 saturated heterocycles. The molecule has 0 aromatic carbocycles. The van der Waals surface area contributed by atoms with Gasteiger partial charge in [-0.3, -0.25) is 0 Å². The molecule has 1 heterocycles. The number of H-pyrrole nitrogens is 1. The molecule has 2 unspecified atom stereocenters. The quantitative estimate of drug-likeness (QED) is 0.750. The maximum Gasteiger partial charge on any atom is 0.242 e. The summed E-state index contributed by atoms with van der Waals surface area (Å²) in [6.45, 7) is 0.565. The molecule has 1 aliphatic carbocycles. The van der Waals surface area contributed by atoms with Crippen molar-refractivity contribution in [1.82, 2.24) is 9.71 Å². The number of aliphatic hydroxyl groups excluding tert-OH is 1. The molecule has 0 amide bonds. The first-order valence-corrected chi connectivity index (χ1v) is 7.85. The first-order chi connectivity index (χ1) is 8.63. The molecular formula is C12H20N2O3S. The topological polar surface area (TPSA) is 82.2 Å². The molecular weight excluding hydrogens is 252 g/mol.